The number of nitrogens with one attached hydrogen (secondary N) is 1. The molecule has 1 saturated heterocycles. The Morgan fingerprint density at radius 2 is 1.77 bits per heavy atom. The second-order valence-electron chi connectivity index (χ2n) is 8.40. The van der Waals surface area contributed by atoms with E-state index in [0.717, 1.165) is 0 Å². The topological polar surface area (TPSA) is 88.2 Å². The fourth-order valence-electron chi connectivity index (χ4n) is 3.41. The van der Waals surface area contributed by atoms with E-state index in [4.69, 9.17) is 21.1 Å². The molecule has 0 spiro atoms. The lowest BCUT2D eigenvalue weighted by atomic mass is 10.0. The molecule has 0 aliphatic carbocycles. The first-order chi connectivity index (χ1) is 14.6. The molecule has 2 rings (SSSR count). The molecule has 1 aromatic rings. The first kappa shape index (κ1) is 24.9. The molecule has 172 valence electrons. The Hall–Kier alpha value is -2.32. The lowest BCUT2D eigenvalue weighted by Gasteiger charge is -2.38. The smallest absolute Gasteiger partial charge is 0.407 e. The quantitative estimate of drug-likeness (QED) is 0.504. The van der Waals surface area contributed by atoms with Crippen LogP contribution in [0.4, 0.5) is 4.79 Å². The van der Waals surface area contributed by atoms with Gasteiger partial charge in [0, 0.05) is 44.2 Å². The Balaban J connectivity index is 1.82. The van der Waals surface area contributed by atoms with Gasteiger partial charge >= 0.3 is 12.1 Å². The van der Waals surface area contributed by atoms with Gasteiger partial charge in [0.15, 0.2) is 0 Å². The molecular weight excluding hydrogens is 422 g/mol. The molecule has 8 nitrogen and oxygen atoms in total. The fourth-order valence-corrected chi connectivity index (χ4v) is 3.65. The molecule has 1 heterocycles. The van der Waals surface area contributed by atoms with Crippen LogP contribution in [0, 0.1) is 0 Å². The van der Waals surface area contributed by atoms with E-state index in [2.05, 4.69) is 5.32 Å². The number of amides is 2. The van der Waals surface area contributed by atoms with E-state index in [9.17, 15) is 14.4 Å². The van der Waals surface area contributed by atoms with Crippen molar-refractivity contribution in [1.82, 2.24) is 15.1 Å². The summed E-state index contributed by atoms with van der Waals surface area (Å²) >= 11 is 6.31. The van der Waals surface area contributed by atoms with E-state index in [1.165, 1.54) is 7.11 Å². The third-order valence-corrected chi connectivity index (χ3v) is 5.24. The number of piperazine rings is 1. The molecule has 1 atom stereocenters. The van der Waals surface area contributed by atoms with Gasteiger partial charge in [-0.2, -0.15) is 0 Å². The van der Waals surface area contributed by atoms with Crippen LogP contribution in [-0.2, 0) is 19.1 Å². The van der Waals surface area contributed by atoms with Gasteiger partial charge in [-0.1, -0.05) is 29.8 Å². The lowest BCUT2D eigenvalue weighted by Crippen LogP contribution is -2.51. The zero-order valence-electron chi connectivity index (χ0n) is 18.7. The van der Waals surface area contributed by atoms with Crippen LogP contribution in [0.3, 0.4) is 0 Å². The maximum Gasteiger partial charge on any atom is 0.407 e. The Kier molecular flexibility index (Phi) is 9.13. The second-order valence-corrected chi connectivity index (χ2v) is 8.80. The number of methoxy groups -OCH3 is 1. The standard InChI is InChI=1S/C22H32ClN3O5/c1-22(2,3)31-21(29)24-11-7-10-18(27)25-12-14-26(15-13-25)19(20(28)30-4)16-8-5-6-9-17(16)23/h5-6,8-9,19H,7,10-15H2,1-4H3,(H,24,29). The number of benzene rings is 1. The number of halogens is 1. The van der Waals surface area contributed by atoms with Crippen LogP contribution in [-0.4, -0.2) is 73.2 Å². The SMILES string of the molecule is COC(=O)C(c1ccccc1Cl)N1CCN(C(=O)CCCNC(=O)OC(C)(C)C)CC1. The van der Waals surface area contributed by atoms with Crippen molar-refractivity contribution in [3.05, 3.63) is 34.9 Å². The van der Waals surface area contributed by atoms with Crippen LogP contribution in [0.2, 0.25) is 5.02 Å². The Morgan fingerprint density at radius 1 is 1.13 bits per heavy atom. The molecule has 31 heavy (non-hydrogen) atoms. The van der Waals surface area contributed by atoms with Crippen molar-refractivity contribution in [2.24, 2.45) is 0 Å². The zero-order chi connectivity index (χ0) is 23.0. The van der Waals surface area contributed by atoms with E-state index in [0.29, 0.717) is 56.2 Å². The molecule has 1 unspecified atom stereocenters. The number of nitrogens with zero attached hydrogens (tertiary/aromatic N) is 2. The summed E-state index contributed by atoms with van der Waals surface area (Å²) in [6.45, 7) is 7.86. The normalized spacial score (nSPS) is 15.8. The minimum Gasteiger partial charge on any atom is -0.468 e. The minimum absolute atomic E-state index is 0.0259. The van der Waals surface area contributed by atoms with Crippen LogP contribution in [0.25, 0.3) is 0 Å². The third kappa shape index (κ3) is 7.70. The van der Waals surface area contributed by atoms with Gasteiger partial charge < -0.3 is 19.7 Å². The summed E-state index contributed by atoms with van der Waals surface area (Å²) in [5.74, 6) is -0.348. The van der Waals surface area contributed by atoms with Crippen molar-refractivity contribution < 1.29 is 23.9 Å². The van der Waals surface area contributed by atoms with Crippen LogP contribution < -0.4 is 5.32 Å². The molecule has 1 aromatic carbocycles. The number of ether oxygens (including phenoxy) is 2. The van der Waals surface area contributed by atoms with E-state index in [1.807, 2.05) is 23.1 Å². The van der Waals surface area contributed by atoms with Crippen molar-refractivity contribution in [2.75, 3.05) is 39.8 Å². The summed E-state index contributed by atoms with van der Waals surface area (Å²) in [5.41, 5.74) is 0.148. The Labute approximate surface area is 188 Å². The number of alkyl carbamates (subject to hydrolysis) is 1. The molecule has 1 aliphatic rings. The van der Waals surface area contributed by atoms with Gasteiger partial charge in [0.25, 0.3) is 0 Å². The van der Waals surface area contributed by atoms with Crippen LogP contribution in [0.15, 0.2) is 24.3 Å². The zero-order valence-corrected chi connectivity index (χ0v) is 19.4. The van der Waals surface area contributed by atoms with Gasteiger partial charge in [0.1, 0.15) is 11.6 Å². The molecule has 1 aliphatic heterocycles. The summed E-state index contributed by atoms with van der Waals surface area (Å²) in [4.78, 5) is 40.4. The molecule has 2 amide bonds. The van der Waals surface area contributed by atoms with Gasteiger partial charge in [-0.15, -0.1) is 0 Å². The molecule has 1 N–H and O–H groups in total. The van der Waals surface area contributed by atoms with Crippen LogP contribution in [0.1, 0.15) is 45.2 Å². The molecule has 1 fully saturated rings. The lowest BCUT2D eigenvalue weighted by molar-refractivity contribution is -0.148. The van der Waals surface area contributed by atoms with Gasteiger partial charge in [0.05, 0.1) is 7.11 Å². The van der Waals surface area contributed by atoms with Gasteiger partial charge in [0.2, 0.25) is 5.91 Å². The highest BCUT2D eigenvalue weighted by Gasteiger charge is 2.33. The summed E-state index contributed by atoms with van der Waals surface area (Å²) in [5, 5.41) is 3.17. The van der Waals surface area contributed by atoms with E-state index < -0.39 is 17.7 Å². The van der Waals surface area contributed by atoms with Crippen molar-refractivity contribution in [3.63, 3.8) is 0 Å². The molecule has 0 radical (unpaired) electrons. The number of carbonyl (C=O) groups is 3. The number of esters is 1. The summed E-state index contributed by atoms with van der Waals surface area (Å²) in [6.07, 6.45) is 0.380. The van der Waals surface area contributed by atoms with Crippen molar-refractivity contribution in [3.8, 4) is 0 Å². The van der Waals surface area contributed by atoms with Crippen molar-refractivity contribution in [1.29, 1.82) is 0 Å². The number of carbonyl (C=O) groups excluding carboxylic acids is 3. The van der Waals surface area contributed by atoms with Crippen LogP contribution >= 0.6 is 11.6 Å². The highest BCUT2D eigenvalue weighted by atomic mass is 35.5. The maximum absolute atomic E-state index is 12.5. The largest absolute Gasteiger partial charge is 0.468 e. The summed E-state index contributed by atoms with van der Waals surface area (Å²) < 4.78 is 10.2. The van der Waals surface area contributed by atoms with E-state index >= 15 is 0 Å². The van der Waals surface area contributed by atoms with Gasteiger partial charge in [-0.05, 0) is 38.8 Å². The predicted molar refractivity (Wildman–Crippen MR) is 118 cm³/mol. The van der Waals surface area contributed by atoms with Crippen LogP contribution in [0.5, 0.6) is 0 Å². The second kappa shape index (κ2) is 11.3. The first-order valence-electron chi connectivity index (χ1n) is 10.4. The third-order valence-electron chi connectivity index (χ3n) is 4.89. The molecule has 9 heteroatoms. The molecular formula is C22H32ClN3O5. The van der Waals surface area contributed by atoms with Gasteiger partial charge in [-0.3, -0.25) is 9.69 Å². The molecule has 0 saturated carbocycles. The maximum atomic E-state index is 12.5. The Morgan fingerprint density at radius 3 is 2.35 bits per heavy atom. The molecule has 0 aromatic heterocycles. The van der Waals surface area contributed by atoms with E-state index in [-0.39, 0.29) is 11.9 Å². The first-order valence-corrected chi connectivity index (χ1v) is 10.8. The highest BCUT2D eigenvalue weighted by Crippen LogP contribution is 2.29. The minimum atomic E-state index is -0.603. The van der Waals surface area contributed by atoms with Gasteiger partial charge in [-0.25, -0.2) is 9.59 Å². The number of hydrogen-bond acceptors (Lipinski definition) is 6. The predicted octanol–water partition coefficient (Wildman–Crippen LogP) is 3.00. The summed E-state index contributed by atoms with van der Waals surface area (Å²) in [7, 11) is 1.36. The number of rotatable bonds is 7. The Bertz CT molecular complexity index is 773. The van der Waals surface area contributed by atoms with E-state index in [1.54, 1.807) is 31.7 Å². The number of hydrogen-bond donors (Lipinski definition) is 1. The average Bonchev–Trinajstić information content (AvgIpc) is 2.71. The average molecular weight is 454 g/mol. The van der Waals surface area contributed by atoms with Crippen molar-refractivity contribution >= 4 is 29.6 Å². The van der Waals surface area contributed by atoms with Crippen molar-refractivity contribution in [2.45, 2.75) is 45.3 Å². The molecule has 0 bridgehead atoms. The fraction of sp³-hybridized carbons (Fsp3) is 0.591. The highest BCUT2D eigenvalue weighted by molar-refractivity contribution is 6.31. The summed E-state index contributed by atoms with van der Waals surface area (Å²) in [6, 6.07) is 6.61. The monoisotopic (exact) mass is 453 g/mol.